The summed E-state index contributed by atoms with van der Waals surface area (Å²) < 4.78 is 11.2. The fourth-order valence-corrected chi connectivity index (χ4v) is 8.26. The van der Waals surface area contributed by atoms with Gasteiger partial charge in [-0.15, -0.1) is 0 Å². The Kier molecular flexibility index (Phi) is 49.2. The van der Waals surface area contributed by atoms with Crippen LogP contribution in [0.3, 0.4) is 0 Å². The maximum atomic E-state index is 13.0. The summed E-state index contributed by atoms with van der Waals surface area (Å²) in [7, 11) is 0. The van der Waals surface area contributed by atoms with Crippen LogP contribution >= 0.6 is 0 Å². The summed E-state index contributed by atoms with van der Waals surface area (Å²) in [6.07, 6.45) is 76.5. The molecule has 7 unspecified atom stereocenters. The first-order valence-electron chi connectivity index (χ1n) is 29.6. The number of amides is 1. The molecule has 0 spiro atoms. The standard InChI is InChI=1S/C66H107NO8/c1-3-5-7-9-11-13-15-16-17-18-19-20-21-22-23-24-25-26-27-28-29-30-31-32-33-34-35-36-37-38-39-40-41-42-43-44-46-48-50-52-54-56-62(70)67-59(58-74-66-65(73)64(72)63(71)61(57-68)75-66)60(69)55-53-51-49-47-45-14-12-10-8-6-4-2/h5,7,11,13,16-17,19-20,22-23,25-26,28-29,31-32,34-35,37-38,45,47,53,55,59-61,63-66,68-69,71-73H,3-4,6,8-10,12,14-15,18,21,24,27,30,33,36,39-44,46,48-52,54,56-58H2,1-2H3,(H,67,70)/b7-5-,13-11-,17-16-,20-19-,23-22-,26-25-,29-28-,32-31-,35-34-,38-37-,47-45+,55-53+. The third kappa shape index (κ3) is 42.8. The highest BCUT2D eigenvalue weighted by Crippen LogP contribution is 2.22. The Bertz CT molecular complexity index is 1680. The molecule has 1 saturated heterocycles. The van der Waals surface area contributed by atoms with E-state index in [1.165, 1.54) is 70.6 Å². The Morgan fingerprint density at radius 2 is 0.840 bits per heavy atom. The van der Waals surface area contributed by atoms with Crippen molar-refractivity contribution in [3.8, 4) is 0 Å². The molecule has 0 radical (unpaired) electrons. The lowest BCUT2D eigenvalue weighted by molar-refractivity contribution is -0.302. The first-order chi connectivity index (χ1) is 36.8. The van der Waals surface area contributed by atoms with Gasteiger partial charge >= 0.3 is 0 Å². The van der Waals surface area contributed by atoms with E-state index < -0.39 is 49.5 Å². The Hall–Kier alpha value is -3.93. The first-order valence-corrected chi connectivity index (χ1v) is 29.6. The predicted octanol–water partition coefficient (Wildman–Crippen LogP) is 15.1. The summed E-state index contributed by atoms with van der Waals surface area (Å²) in [4.78, 5) is 13.0. The molecule has 9 nitrogen and oxygen atoms in total. The van der Waals surface area contributed by atoms with Gasteiger partial charge in [0.15, 0.2) is 6.29 Å². The van der Waals surface area contributed by atoms with Crippen molar-refractivity contribution in [2.24, 2.45) is 0 Å². The molecule has 1 rings (SSSR count). The van der Waals surface area contributed by atoms with Gasteiger partial charge in [0.1, 0.15) is 24.4 Å². The molecule has 75 heavy (non-hydrogen) atoms. The molecule has 9 heteroatoms. The molecule has 0 aliphatic carbocycles. The number of nitrogens with one attached hydrogen (secondary N) is 1. The molecule has 0 aromatic rings. The number of unbranched alkanes of at least 4 members (excludes halogenated alkanes) is 16. The Morgan fingerprint density at radius 3 is 1.28 bits per heavy atom. The zero-order valence-corrected chi connectivity index (χ0v) is 47.0. The summed E-state index contributed by atoms with van der Waals surface area (Å²) in [6.45, 7) is 3.59. The summed E-state index contributed by atoms with van der Waals surface area (Å²) in [5.41, 5.74) is 0. The van der Waals surface area contributed by atoms with Gasteiger partial charge in [0.2, 0.25) is 5.91 Å². The Morgan fingerprint density at radius 1 is 0.467 bits per heavy atom. The van der Waals surface area contributed by atoms with Gasteiger partial charge in [0, 0.05) is 6.42 Å². The van der Waals surface area contributed by atoms with E-state index in [1.54, 1.807) is 6.08 Å². The molecule has 0 aromatic carbocycles. The minimum Gasteiger partial charge on any atom is -0.394 e. The zero-order valence-electron chi connectivity index (χ0n) is 47.0. The SMILES string of the molecule is CC/C=C\C/C=C\C/C=C\C/C=C\C/C=C\C/C=C\C/C=C\C/C=C\C/C=C\C/C=C\CCCCCCCCCCCCC(=O)NC(COC1OC(CO)C(O)C(O)C1O)C(O)/C=C/CC/C=C/CCCCCCC. The largest absolute Gasteiger partial charge is 0.394 e. The van der Waals surface area contributed by atoms with Gasteiger partial charge in [-0.05, 0) is 109 Å². The lowest BCUT2D eigenvalue weighted by Crippen LogP contribution is -2.60. The van der Waals surface area contributed by atoms with Crippen molar-refractivity contribution in [1.29, 1.82) is 0 Å². The number of rotatable bonds is 48. The van der Waals surface area contributed by atoms with Gasteiger partial charge in [-0.25, -0.2) is 0 Å². The summed E-state index contributed by atoms with van der Waals surface area (Å²) in [6, 6.07) is -0.832. The van der Waals surface area contributed by atoms with E-state index in [-0.39, 0.29) is 12.5 Å². The molecule has 7 atom stereocenters. The second-order valence-electron chi connectivity index (χ2n) is 19.7. The molecule has 1 amide bonds. The van der Waals surface area contributed by atoms with E-state index in [2.05, 4.69) is 153 Å². The van der Waals surface area contributed by atoms with Crippen molar-refractivity contribution >= 4 is 5.91 Å². The lowest BCUT2D eigenvalue weighted by Gasteiger charge is -2.40. The molecule has 424 valence electrons. The molecule has 0 bridgehead atoms. The third-order valence-electron chi connectivity index (χ3n) is 12.9. The highest BCUT2D eigenvalue weighted by atomic mass is 16.7. The third-order valence-corrected chi connectivity index (χ3v) is 12.9. The summed E-state index contributed by atoms with van der Waals surface area (Å²) in [5.74, 6) is -0.200. The van der Waals surface area contributed by atoms with Crippen molar-refractivity contribution in [1.82, 2.24) is 5.32 Å². The molecule has 1 aliphatic heterocycles. The molecule has 1 aliphatic rings. The smallest absolute Gasteiger partial charge is 0.220 e. The van der Waals surface area contributed by atoms with Crippen LogP contribution in [0.25, 0.3) is 0 Å². The van der Waals surface area contributed by atoms with Crippen molar-refractivity contribution in [2.75, 3.05) is 13.2 Å². The minimum absolute atomic E-state index is 0.200. The number of carbonyl (C=O) groups excluding carboxylic acids is 1. The van der Waals surface area contributed by atoms with Crippen LogP contribution in [0.4, 0.5) is 0 Å². The van der Waals surface area contributed by atoms with E-state index in [0.29, 0.717) is 6.42 Å². The topological polar surface area (TPSA) is 149 Å². The average Bonchev–Trinajstić information content (AvgIpc) is 3.41. The van der Waals surface area contributed by atoms with Crippen LogP contribution in [-0.4, -0.2) is 87.5 Å². The number of aliphatic hydroxyl groups excluding tert-OH is 5. The second-order valence-corrected chi connectivity index (χ2v) is 19.7. The molecule has 0 saturated carbocycles. The Balaban J connectivity index is 2.13. The normalized spacial score (nSPS) is 20.0. The highest BCUT2D eigenvalue weighted by molar-refractivity contribution is 5.76. The number of hydrogen-bond acceptors (Lipinski definition) is 8. The van der Waals surface area contributed by atoms with Gasteiger partial charge in [0.05, 0.1) is 25.4 Å². The number of allylic oxidation sites excluding steroid dienone is 23. The van der Waals surface area contributed by atoms with E-state index in [9.17, 15) is 30.3 Å². The molecular formula is C66H107NO8. The predicted molar refractivity (Wildman–Crippen MR) is 317 cm³/mol. The van der Waals surface area contributed by atoms with E-state index >= 15 is 0 Å². The molecule has 1 heterocycles. The van der Waals surface area contributed by atoms with Gasteiger partial charge in [-0.2, -0.15) is 0 Å². The summed E-state index contributed by atoms with van der Waals surface area (Å²) >= 11 is 0. The Labute approximate surface area is 457 Å². The monoisotopic (exact) mass is 1040 g/mol. The maximum absolute atomic E-state index is 13.0. The second kappa shape index (κ2) is 53.5. The van der Waals surface area contributed by atoms with Gasteiger partial charge in [0.25, 0.3) is 0 Å². The van der Waals surface area contributed by atoms with Crippen molar-refractivity contribution in [2.45, 2.75) is 249 Å². The highest BCUT2D eigenvalue weighted by Gasteiger charge is 2.44. The number of carbonyl (C=O) groups is 1. The molecule has 0 aromatic heterocycles. The lowest BCUT2D eigenvalue weighted by atomic mass is 9.99. The fraction of sp³-hybridized carbons (Fsp3) is 0.621. The first kappa shape index (κ1) is 69.1. The van der Waals surface area contributed by atoms with E-state index in [4.69, 9.17) is 9.47 Å². The van der Waals surface area contributed by atoms with Crippen LogP contribution in [0.1, 0.15) is 206 Å². The van der Waals surface area contributed by atoms with Crippen LogP contribution < -0.4 is 5.32 Å². The van der Waals surface area contributed by atoms with Gasteiger partial charge in [-0.3, -0.25) is 4.79 Å². The average molecular weight is 1040 g/mol. The molecular weight excluding hydrogens is 935 g/mol. The molecule has 6 N–H and O–H groups in total. The fourth-order valence-electron chi connectivity index (χ4n) is 8.26. The number of ether oxygens (including phenoxy) is 2. The number of aliphatic hydroxyl groups is 5. The molecule has 1 fully saturated rings. The van der Waals surface area contributed by atoms with Gasteiger partial charge in [-0.1, -0.05) is 237 Å². The van der Waals surface area contributed by atoms with Gasteiger partial charge < -0.3 is 40.3 Å². The van der Waals surface area contributed by atoms with Crippen LogP contribution in [0.15, 0.2) is 146 Å². The summed E-state index contributed by atoms with van der Waals surface area (Å²) in [5, 5.41) is 54.3. The van der Waals surface area contributed by atoms with E-state index in [0.717, 1.165) is 116 Å². The number of hydrogen-bond donors (Lipinski definition) is 6. The van der Waals surface area contributed by atoms with Crippen LogP contribution in [-0.2, 0) is 14.3 Å². The zero-order chi connectivity index (χ0) is 54.3. The van der Waals surface area contributed by atoms with Crippen LogP contribution in [0.2, 0.25) is 0 Å². The van der Waals surface area contributed by atoms with E-state index in [1.807, 2.05) is 6.08 Å². The van der Waals surface area contributed by atoms with Crippen molar-refractivity contribution in [3.05, 3.63) is 146 Å². The van der Waals surface area contributed by atoms with Crippen molar-refractivity contribution < 1.29 is 39.8 Å². The minimum atomic E-state index is -1.58. The van der Waals surface area contributed by atoms with Crippen molar-refractivity contribution in [3.63, 3.8) is 0 Å². The van der Waals surface area contributed by atoms with Crippen LogP contribution in [0, 0.1) is 0 Å². The maximum Gasteiger partial charge on any atom is 0.220 e. The van der Waals surface area contributed by atoms with Crippen LogP contribution in [0.5, 0.6) is 0 Å². The quantitative estimate of drug-likeness (QED) is 0.0261.